The third kappa shape index (κ3) is 5.73. The van der Waals surface area contributed by atoms with Gasteiger partial charge in [0.1, 0.15) is 0 Å². The van der Waals surface area contributed by atoms with Crippen LogP contribution in [0.15, 0.2) is 65.6 Å². The van der Waals surface area contributed by atoms with Gasteiger partial charge in [0.25, 0.3) is 0 Å². The van der Waals surface area contributed by atoms with E-state index in [9.17, 15) is 13.2 Å². The van der Waals surface area contributed by atoms with Gasteiger partial charge in [-0.2, -0.15) is 4.31 Å². The van der Waals surface area contributed by atoms with Gasteiger partial charge in [0.15, 0.2) is 0 Å². The Balaban J connectivity index is 1.66. The Morgan fingerprint density at radius 2 is 1.68 bits per heavy atom. The molecule has 1 aliphatic heterocycles. The maximum absolute atomic E-state index is 13.0. The molecule has 1 fully saturated rings. The molecule has 0 radical (unpaired) electrons. The SMILES string of the molecule is CCN(CC)C(CNC(=O)C1CCCN(S(=O)(=O)c2ccccc2)C1)c1ccccc1. The van der Waals surface area contributed by atoms with Crippen molar-refractivity contribution in [2.24, 2.45) is 5.92 Å². The van der Waals surface area contributed by atoms with Crippen molar-refractivity contribution in [2.75, 3.05) is 32.7 Å². The van der Waals surface area contributed by atoms with E-state index in [4.69, 9.17) is 0 Å². The number of sulfonamides is 1. The summed E-state index contributed by atoms with van der Waals surface area (Å²) in [6.07, 6.45) is 1.39. The number of piperidine rings is 1. The Hall–Kier alpha value is -2.22. The standard InChI is InChI=1S/C24H33N3O3S/c1-3-26(4-2)23(20-12-7-5-8-13-20)18-25-24(28)21-14-11-17-27(19-21)31(29,30)22-15-9-6-10-16-22/h5-10,12-13,15-16,21,23H,3-4,11,14,17-19H2,1-2H3,(H,25,28). The number of rotatable bonds is 9. The number of benzene rings is 2. The Morgan fingerprint density at radius 3 is 2.29 bits per heavy atom. The minimum absolute atomic E-state index is 0.0685. The Bertz CT molecular complexity index is 931. The van der Waals surface area contributed by atoms with Crippen LogP contribution in [0.1, 0.15) is 38.3 Å². The van der Waals surface area contributed by atoms with Crippen molar-refractivity contribution in [2.45, 2.75) is 37.6 Å². The molecule has 0 saturated carbocycles. The average Bonchev–Trinajstić information content (AvgIpc) is 2.82. The number of carbonyl (C=O) groups excluding carboxylic acids is 1. The fraction of sp³-hybridized carbons (Fsp3) is 0.458. The van der Waals surface area contributed by atoms with Crippen molar-refractivity contribution in [1.82, 2.24) is 14.5 Å². The van der Waals surface area contributed by atoms with Crippen LogP contribution < -0.4 is 5.32 Å². The van der Waals surface area contributed by atoms with Crippen LogP contribution >= 0.6 is 0 Å². The van der Waals surface area contributed by atoms with Crippen LogP contribution in [0.3, 0.4) is 0 Å². The summed E-state index contributed by atoms with van der Waals surface area (Å²) >= 11 is 0. The topological polar surface area (TPSA) is 69.7 Å². The molecule has 0 bridgehead atoms. The van der Waals surface area contributed by atoms with Gasteiger partial charge in [0, 0.05) is 19.6 Å². The lowest BCUT2D eigenvalue weighted by Gasteiger charge is -2.33. The highest BCUT2D eigenvalue weighted by Gasteiger charge is 2.33. The molecule has 1 N–H and O–H groups in total. The summed E-state index contributed by atoms with van der Waals surface area (Å²) in [5.41, 5.74) is 1.17. The Morgan fingerprint density at radius 1 is 1.06 bits per heavy atom. The summed E-state index contributed by atoms with van der Waals surface area (Å²) in [6, 6.07) is 18.7. The predicted octanol–water partition coefficient (Wildman–Crippen LogP) is 3.29. The highest BCUT2D eigenvalue weighted by molar-refractivity contribution is 7.89. The molecule has 0 aromatic heterocycles. The monoisotopic (exact) mass is 443 g/mol. The zero-order chi connectivity index (χ0) is 22.3. The highest BCUT2D eigenvalue weighted by atomic mass is 32.2. The molecule has 168 valence electrons. The van der Waals surface area contributed by atoms with Crippen molar-refractivity contribution in [3.8, 4) is 0 Å². The first kappa shape index (κ1) is 23.4. The van der Waals surface area contributed by atoms with Crippen LogP contribution in [0, 0.1) is 5.92 Å². The molecule has 0 spiro atoms. The molecule has 1 aliphatic rings. The fourth-order valence-electron chi connectivity index (χ4n) is 4.26. The first-order valence-corrected chi connectivity index (χ1v) is 12.5. The van der Waals surface area contributed by atoms with Crippen LogP contribution in [-0.2, 0) is 14.8 Å². The van der Waals surface area contributed by atoms with E-state index in [0.29, 0.717) is 25.9 Å². The second kappa shape index (κ2) is 10.9. The van der Waals surface area contributed by atoms with Crippen molar-refractivity contribution >= 4 is 15.9 Å². The Labute approximate surface area is 186 Å². The van der Waals surface area contributed by atoms with Crippen molar-refractivity contribution in [3.05, 3.63) is 66.2 Å². The molecule has 2 unspecified atom stereocenters. The normalized spacial score (nSPS) is 18.6. The molecule has 2 aromatic rings. The molecule has 1 heterocycles. The van der Waals surface area contributed by atoms with E-state index >= 15 is 0 Å². The molecule has 1 amide bonds. The van der Waals surface area contributed by atoms with Crippen LogP contribution in [-0.4, -0.2) is 56.3 Å². The van der Waals surface area contributed by atoms with Crippen LogP contribution in [0.4, 0.5) is 0 Å². The summed E-state index contributed by atoms with van der Waals surface area (Å²) in [7, 11) is -3.58. The van der Waals surface area contributed by atoms with Crippen molar-refractivity contribution < 1.29 is 13.2 Å². The summed E-state index contributed by atoms with van der Waals surface area (Å²) in [4.78, 5) is 15.6. The van der Waals surface area contributed by atoms with Gasteiger partial charge >= 0.3 is 0 Å². The number of likely N-dealkylation sites (N-methyl/N-ethyl adjacent to an activating group) is 1. The maximum Gasteiger partial charge on any atom is 0.243 e. The second-order valence-electron chi connectivity index (χ2n) is 7.91. The van der Waals surface area contributed by atoms with Crippen LogP contribution in [0.2, 0.25) is 0 Å². The second-order valence-corrected chi connectivity index (χ2v) is 9.85. The third-order valence-electron chi connectivity index (χ3n) is 6.04. The van der Waals surface area contributed by atoms with Gasteiger partial charge < -0.3 is 5.32 Å². The van der Waals surface area contributed by atoms with Gasteiger partial charge in [-0.05, 0) is 43.6 Å². The average molecular weight is 444 g/mol. The molecular weight excluding hydrogens is 410 g/mol. The number of nitrogens with zero attached hydrogens (tertiary/aromatic N) is 2. The summed E-state index contributed by atoms with van der Waals surface area (Å²) in [5.74, 6) is -0.401. The van der Waals surface area contributed by atoms with Crippen molar-refractivity contribution in [3.63, 3.8) is 0 Å². The zero-order valence-electron chi connectivity index (χ0n) is 18.4. The van der Waals surface area contributed by atoms with Crippen LogP contribution in [0.5, 0.6) is 0 Å². The highest BCUT2D eigenvalue weighted by Crippen LogP contribution is 2.24. The quantitative estimate of drug-likeness (QED) is 0.646. The number of amides is 1. The fourth-order valence-corrected chi connectivity index (χ4v) is 5.80. The van der Waals surface area contributed by atoms with Gasteiger partial charge in [-0.25, -0.2) is 8.42 Å². The van der Waals surface area contributed by atoms with Gasteiger partial charge in [-0.3, -0.25) is 9.69 Å². The third-order valence-corrected chi connectivity index (χ3v) is 7.92. The van der Waals surface area contributed by atoms with E-state index in [1.807, 2.05) is 18.2 Å². The first-order chi connectivity index (χ1) is 15.0. The smallest absolute Gasteiger partial charge is 0.243 e. The summed E-state index contributed by atoms with van der Waals surface area (Å²) in [5, 5.41) is 3.11. The van der Waals surface area contributed by atoms with Gasteiger partial charge in [0.05, 0.1) is 16.9 Å². The molecule has 31 heavy (non-hydrogen) atoms. The van der Waals surface area contributed by atoms with Crippen molar-refractivity contribution in [1.29, 1.82) is 0 Å². The molecule has 2 aromatic carbocycles. The lowest BCUT2D eigenvalue weighted by Crippen LogP contribution is -2.47. The molecule has 2 atom stereocenters. The van der Waals surface area contributed by atoms with Crippen LogP contribution in [0.25, 0.3) is 0 Å². The van der Waals surface area contributed by atoms with Gasteiger partial charge in [0.2, 0.25) is 15.9 Å². The van der Waals surface area contributed by atoms with E-state index in [0.717, 1.165) is 13.1 Å². The van der Waals surface area contributed by atoms with E-state index in [2.05, 4.69) is 36.2 Å². The van der Waals surface area contributed by atoms with E-state index in [-0.39, 0.29) is 29.3 Å². The number of carbonyl (C=O) groups is 1. The number of nitrogens with one attached hydrogen (secondary N) is 1. The lowest BCUT2D eigenvalue weighted by molar-refractivity contribution is -0.126. The van der Waals surface area contributed by atoms with Gasteiger partial charge in [-0.15, -0.1) is 0 Å². The molecule has 0 aliphatic carbocycles. The van der Waals surface area contributed by atoms with Gasteiger partial charge in [-0.1, -0.05) is 62.4 Å². The summed E-state index contributed by atoms with van der Waals surface area (Å²) in [6.45, 7) is 7.20. The largest absolute Gasteiger partial charge is 0.354 e. The zero-order valence-corrected chi connectivity index (χ0v) is 19.2. The molecular formula is C24H33N3O3S. The van der Waals surface area contributed by atoms with E-state index in [1.165, 1.54) is 9.87 Å². The number of hydrogen-bond acceptors (Lipinski definition) is 4. The van der Waals surface area contributed by atoms with E-state index < -0.39 is 10.0 Å². The maximum atomic E-state index is 13.0. The van der Waals surface area contributed by atoms with E-state index in [1.54, 1.807) is 30.3 Å². The first-order valence-electron chi connectivity index (χ1n) is 11.1. The molecule has 7 heteroatoms. The number of hydrogen-bond donors (Lipinski definition) is 1. The Kier molecular flexibility index (Phi) is 8.23. The molecule has 6 nitrogen and oxygen atoms in total. The summed E-state index contributed by atoms with van der Waals surface area (Å²) < 4.78 is 27.4. The minimum atomic E-state index is -3.58. The molecule has 3 rings (SSSR count). The minimum Gasteiger partial charge on any atom is -0.354 e. The molecule has 1 saturated heterocycles. The predicted molar refractivity (Wildman–Crippen MR) is 123 cm³/mol. The lowest BCUT2D eigenvalue weighted by atomic mass is 9.98.